The third-order valence-corrected chi connectivity index (χ3v) is 9.87. The standard InChI is InChI=1S/C30H36N2O3S/c1-22-9-8-11-26(19-22)24-13-15-25(16-14-24)30-27-20-31(17-6-7-18-32(27)28(30)21-35-3)36(33,34)29-12-5-4-10-23(29)2/h4-5,8-16,19,27-28,30H,6-7,17-18,20-21H2,1-3H3/t27-,28?,30-/m0/s1. The van der Waals surface area contributed by atoms with Gasteiger partial charge in [0.1, 0.15) is 0 Å². The first kappa shape index (κ1) is 25.2. The van der Waals surface area contributed by atoms with Crippen molar-refractivity contribution in [1.82, 2.24) is 9.21 Å². The van der Waals surface area contributed by atoms with E-state index in [9.17, 15) is 8.42 Å². The molecule has 0 aromatic heterocycles. The van der Waals surface area contributed by atoms with E-state index in [0.717, 1.165) is 24.9 Å². The fourth-order valence-corrected chi connectivity index (χ4v) is 7.71. The van der Waals surface area contributed by atoms with Gasteiger partial charge < -0.3 is 4.74 Å². The number of rotatable bonds is 6. The van der Waals surface area contributed by atoms with Crippen LogP contribution in [-0.4, -0.2) is 63.1 Å². The summed E-state index contributed by atoms with van der Waals surface area (Å²) in [6, 6.07) is 25.1. The van der Waals surface area contributed by atoms with Gasteiger partial charge >= 0.3 is 0 Å². The molecule has 190 valence electrons. The summed E-state index contributed by atoms with van der Waals surface area (Å²) in [6.07, 6.45) is 1.85. The Morgan fingerprint density at radius 3 is 2.36 bits per heavy atom. The first-order valence-corrected chi connectivity index (χ1v) is 14.3. The highest BCUT2D eigenvalue weighted by Crippen LogP contribution is 2.43. The number of aryl methyl sites for hydroxylation is 2. The summed E-state index contributed by atoms with van der Waals surface area (Å²) in [5.41, 5.74) is 5.71. The van der Waals surface area contributed by atoms with Gasteiger partial charge in [-0.3, -0.25) is 4.90 Å². The lowest BCUT2D eigenvalue weighted by atomic mass is 9.74. The van der Waals surface area contributed by atoms with Crippen LogP contribution in [-0.2, 0) is 14.8 Å². The number of fused-ring (bicyclic) bond motifs is 1. The zero-order valence-corrected chi connectivity index (χ0v) is 22.2. The highest BCUT2D eigenvalue weighted by molar-refractivity contribution is 7.89. The van der Waals surface area contributed by atoms with Crippen LogP contribution in [0, 0.1) is 13.8 Å². The smallest absolute Gasteiger partial charge is 0.243 e. The maximum absolute atomic E-state index is 13.7. The Kier molecular flexibility index (Phi) is 7.31. The van der Waals surface area contributed by atoms with E-state index in [4.69, 9.17) is 4.74 Å². The molecule has 0 aliphatic carbocycles. The number of hydrogen-bond donors (Lipinski definition) is 0. The number of benzene rings is 3. The molecule has 3 atom stereocenters. The summed E-state index contributed by atoms with van der Waals surface area (Å²) in [5.74, 6) is 0.226. The number of hydrogen-bond acceptors (Lipinski definition) is 4. The van der Waals surface area contributed by atoms with Gasteiger partial charge in [-0.1, -0.05) is 72.3 Å². The van der Waals surface area contributed by atoms with Gasteiger partial charge in [-0.15, -0.1) is 0 Å². The van der Waals surface area contributed by atoms with Crippen molar-refractivity contribution in [3.05, 3.63) is 89.5 Å². The Hall–Kier alpha value is -2.51. The van der Waals surface area contributed by atoms with Crippen molar-refractivity contribution in [1.29, 1.82) is 0 Å². The van der Waals surface area contributed by atoms with Gasteiger partial charge in [0.25, 0.3) is 0 Å². The van der Waals surface area contributed by atoms with Gasteiger partial charge in [-0.2, -0.15) is 4.31 Å². The van der Waals surface area contributed by atoms with E-state index in [1.54, 1.807) is 17.5 Å². The average Bonchev–Trinajstić information content (AvgIpc) is 2.85. The monoisotopic (exact) mass is 504 g/mol. The van der Waals surface area contributed by atoms with E-state index in [2.05, 4.69) is 60.4 Å². The predicted octanol–water partition coefficient (Wildman–Crippen LogP) is 5.24. The summed E-state index contributed by atoms with van der Waals surface area (Å²) in [7, 11) is -1.81. The molecule has 0 N–H and O–H groups in total. The minimum atomic E-state index is -3.56. The minimum absolute atomic E-state index is 0.133. The van der Waals surface area contributed by atoms with E-state index in [1.807, 2.05) is 25.1 Å². The first-order valence-electron chi connectivity index (χ1n) is 12.9. The second-order valence-electron chi connectivity index (χ2n) is 10.2. The Balaban J connectivity index is 1.45. The molecule has 3 aromatic carbocycles. The Morgan fingerprint density at radius 1 is 0.889 bits per heavy atom. The van der Waals surface area contributed by atoms with Crippen LogP contribution in [0.1, 0.15) is 35.4 Å². The molecule has 0 bridgehead atoms. The normalized spacial score (nSPS) is 23.4. The lowest BCUT2D eigenvalue weighted by molar-refractivity contribution is -0.0635. The molecular weight excluding hydrogens is 468 g/mol. The Morgan fingerprint density at radius 2 is 1.64 bits per heavy atom. The van der Waals surface area contributed by atoms with Crippen LogP contribution in [0.3, 0.4) is 0 Å². The van der Waals surface area contributed by atoms with E-state index in [-0.39, 0.29) is 18.0 Å². The average molecular weight is 505 g/mol. The zero-order valence-electron chi connectivity index (χ0n) is 21.4. The van der Waals surface area contributed by atoms with Crippen LogP contribution in [0.4, 0.5) is 0 Å². The maximum Gasteiger partial charge on any atom is 0.243 e. The molecule has 0 amide bonds. The molecule has 5 nitrogen and oxygen atoms in total. The zero-order chi connectivity index (χ0) is 25.3. The second kappa shape index (κ2) is 10.5. The van der Waals surface area contributed by atoms with Crippen molar-refractivity contribution < 1.29 is 13.2 Å². The van der Waals surface area contributed by atoms with Crippen LogP contribution in [0.15, 0.2) is 77.7 Å². The predicted molar refractivity (Wildman–Crippen MR) is 145 cm³/mol. The molecule has 2 saturated heterocycles. The number of nitrogens with zero attached hydrogens (tertiary/aromatic N) is 2. The van der Waals surface area contributed by atoms with E-state index in [1.165, 1.54) is 22.3 Å². The molecular formula is C30H36N2O3S. The third kappa shape index (κ3) is 4.75. The van der Waals surface area contributed by atoms with Crippen LogP contribution >= 0.6 is 0 Å². The molecule has 2 fully saturated rings. The lowest BCUT2D eigenvalue weighted by Gasteiger charge is -2.57. The molecule has 0 radical (unpaired) electrons. The molecule has 3 aromatic rings. The summed E-state index contributed by atoms with van der Waals surface area (Å²) >= 11 is 0. The van der Waals surface area contributed by atoms with Gasteiger partial charge in [0.15, 0.2) is 0 Å². The molecule has 2 aliphatic heterocycles. The van der Waals surface area contributed by atoms with E-state index >= 15 is 0 Å². The summed E-state index contributed by atoms with van der Waals surface area (Å²) in [4.78, 5) is 2.89. The topological polar surface area (TPSA) is 49.9 Å². The molecule has 5 rings (SSSR count). The number of methoxy groups -OCH3 is 1. The fourth-order valence-electron chi connectivity index (χ4n) is 5.99. The maximum atomic E-state index is 13.7. The molecule has 1 unspecified atom stereocenters. The summed E-state index contributed by atoms with van der Waals surface area (Å²) in [6.45, 7) is 6.68. The van der Waals surface area contributed by atoms with E-state index in [0.29, 0.717) is 24.6 Å². The molecule has 2 aliphatic rings. The van der Waals surface area contributed by atoms with Gasteiger partial charge in [0.2, 0.25) is 10.0 Å². The van der Waals surface area contributed by atoms with Crippen LogP contribution < -0.4 is 0 Å². The van der Waals surface area contributed by atoms with Crippen molar-refractivity contribution in [2.75, 3.05) is 33.4 Å². The summed E-state index contributed by atoms with van der Waals surface area (Å²) in [5, 5.41) is 0. The van der Waals surface area contributed by atoms with Crippen LogP contribution in [0.2, 0.25) is 0 Å². The van der Waals surface area contributed by atoms with Gasteiger partial charge in [0.05, 0.1) is 11.5 Å². The largest absolute Gasteiger partial charge is 0.383 e. The Bertz CT molecular complexity index is 1310. The third-order valence-electron chi connectivity index (χ3n) is 7.84. The first-order chi connectivity index (χ1) is 17.4. The quantitative estimate of drug-likeness (QED) is 0.461. The minimum Gasteiger partial charge on any atom is -0.383 e. The molecule has 6 heteroatoms. The van der Waals surface area contributed by atoms with Crippen LogP contribution in [0.5, 0.6) is 0 Å². The van der Waals surface area contributed by atoms with Gasteiger partial charge in [-0.25, -0.2) is 8.42 Å². The number of ether oxygens (including phenoxy) is 1. The van der Waals surface area contributed by atoms with E-state index < -0.39 is 10.0 Å². The SMILES string of the molecule is COCC1[C@@H](c2ccc(-c3cccc(C)c3)cc2)[C@@H]2CN(S(=O)(=O)c3ccccc3C)CCCCN12. The van der Waals surface area contributed by atoms with Gasteiger partial charge in [0, 0.05) is 38.2 Å². The van der Waals surface area contributed by atoms with Gasteiger partial charge in [-0.05, 0) is 61.6 Å². The number of sulfonamides is 1. The van der Waals surface area contributed by atoms with Crippen molar-refractivity contribution in [3.63, 3.8) is 0 Å². The van der Waals surface area contributed by atoms with Crippen molar-refractivity contribution >= 4 is 10.0 Å². The lowest BCUT2D eigenvalue weighted by Crippen LogP contribution is -2.68. The van der Waals surface area contributed by atoms with Crippen molar-refractivity contribution in [2.24, 2.45) is 0 Å². The molecule has 0 spiro atoms. The molecule has 36 heavy (non-hydrogen) atoms. The highest BCUT2D eigenvalue weighted by Gasteiger charge is 2.50. The summed E-state index contributed by atoms with van der Waals surface area (Å²) < 4.78 is 34.8. The van der Waals surface area contributed by atoms with Crippen LogP contribution in [0.25, 0.3) is 11.1 Å². The molecule has 0 saturated carbocycles. The second-order valence-corrected chi connectivity index (χ2v) is 12.1. The molecule has 2 heterocycles. The van der Waals surface area contributed by atoms with Crippen molar-refractivity contribution in [3.8, 4) is 11.1 Å². The fraction of sp³-hybridized carbons (Fsp3) is 0.400. The van der Waals surface area contributed by atoms with Crippen molar-refractivity contribution in [2.45, 2.75) is 49.6 Å². The highest BCUT2D eigenvalue weighted by atomic mass is 32.2. The Labute approximate surface area is 215 Å².